The van der Waals surface area contributed by atoms with Gasteiger partial charge in [0, 0.05) is 12.8 Å². The first-order valence-corrected chi connectivity index (χ1v) is 6.83. The van der Waals surface area contributed by atoms with E-state index in [0.717, 1.165) is 4.90 Å². The molecule has 7 nitrogen and oxygen atoms in total. The number of carbonyl (C=O) groups is 3. The highest BCUT2D eigenvalue weighted by Crippen LogP contribution is 2.32. The zero-order valence-electron chi connectivity index (χ0n) is 13.3. The second-order valence-corrected chi connectivity index (χ2v) is 6.14. The van der Waals surface area contributed by atoms with E-state index in [1.165, 1.54) is 14.0 Å². The molecule has 0 aromatic carbocycles. The maximum absolute atomic E-state index is 12.3. The molecule has 0 saturated carbocycles. The molecule has 1 rings (SSSR count). The van der Waals surface area contributed by atoms with Crippen molar-refractivity contribution in [2.75, 3.05) is 7.11 Å². The largest absolute Gasteiger partial charge is 0.467 e. The number of rotatable bonds is 2. The first-order chi connectivity index (χ1) is 9.56. The van der Waals surface area contributed by atoms with E-state index in [1.807, 2.05) is 0 Å². The van der Waals surface area contributed by atoms with E-state index >= 15 is 0 Å². The lowest BCUT2D eigenvalue weighted by atomic mass is 10.1. The van der Waals surface area contributed by atoms with Gasteiger partial charge >= 0.3 is 18.0 Å². The summed E-state index contributed by atoms with van der Waals surface area (Å²) in [6.45, 7) is 8.22. The average molecular weight is 301 g/mol. The molecule has 1 fully saturated rings. The molecule has 120 valence electrons. The van der Waals surface area contributed by atoms with Crippen molar-refractivity contribution in [3.8, 4) is 0 Å². The van der Waals surface area contributed by atoms with Gasteiger partial charge in [0.25, 0.3) is 0 Å². The molecule has 0 aliphatic carbocycles. The summed E-state index contributed by atoms with van der Waals surface area (Å²) in [4.78, 5) is 36.6. The summed E-state index contributed by atoms with van der Waals surface area (Å²) >= 11 is 0. The van der Waals surface area contributed by atoms with E-state index in [2.05, 4.69) is 0 Å². The molecule has 0 aromatic rings. The van der Waals surface area contributed by atoms with Crippen LogP contribution in [-0.4, -0.2) is 47.9 Å². The van der Waals surface area contributed by atoms with Gasteiger partial charge < -0.3 is 14.2 Å². The van der Waals surface area contributed by atoms with Crippen LogP contribution in [0.1, 0.15) is 41.0 Å². The van der Waals surface area contributed by atoms with Gasteiger partial charge in [-0.15, -0.1) is 0 Å². The summed E-state index contributed by atoms with van der Waals surface area (Å²) in [6, 6.07) is -0.816. The molecule has 0 radical (unpaired) electrons. The lowest BCUT2D eigenvalue weighted by molar-refractivity contribution is -0.161. The fourth-order valence-corrected chi connectivity index (χ4v) is 2.27. The third-order valence-electron chi connectivity index (χ3n) is 3.06. The Balaban J connectivity index is 3.04. The Morgan fingerprint density at radius 3 is 2.19 bits per heavy atom. The number of carbonyl (C=O) groups excluding carboxylic acids is 3. The lowest BCUT2D eigenvalue weighted by Gasteiger charge is -2.31. The number of hydrogen-bond donors (Lipinski definition) is 0. The van der Waals surface area contributed by atoms with Crippen LogP contribution in [-0.2, 0) is 23.8 Å². The maximum Gasteiger partial charge on any atom is 0.413 e. The third kappa shape index (κ3) is 4.34. The second-order valence-electron chi connectivity index (χ2n) is 6.14. The predicted molar refractivity (Wildman–Crippen MR) is 73.2 cm³/mol. The molecule has 1 amide bonds. The van der Waals surface area contributed by atoms with Crippen LogP contribution in [0.3, 0.4) is 0 Å². The van der Waals surface area contributed by atoms with E-state index in [9.17, 15) is 14.4 Å². The Kier molecular flexibility index (Phi) is 5.20. The molecule has 1 aliphatic rings. The standard InChI is InChI=1S/C14H23NO6/c1-8-7-10(12(17)19-6)15(11(8)20-9(2)16)13(18)21-14(3,4)5/h8,10-11H,7H2,1-6H3/t8-,10-,11?/m0/s1. The summed E-state index contributed by atoms with van der Waals surface area (Å²) < 4.78 is 15.2. The fraction of sp³-hybridized carbons (Fsp3) is 0.786. The number of likely N-dealkylation sites (tertiary alicyclic amines) is 1. The number of hydrogen-bond acceptors (Lipinski definition) is 6. The second kappa shape index (κ2) is 6.32. The Bertz CT molecular complexity index is 428. The monoisotopic (exact) mass is 301 g/mol. The number of nitrogens with zero attached hydrogens (tertiary/aromatic N) is 1. The molecule has 1 heterocycles. The molecule has 3 atom stereocenters. The molecule has 0 spiro atoms. The van der Waals surface area contributed by atoms with E-state index in [4.69, 9.17) is 14.2 Å². The molecular formula is C14H23NO6. The fourth-order valence-electron chi connectivity index (χ4n) is 2.27. The lowest BCUT2D eigenvalue weighted by Crippen LogP contribution is -2.49. The SMILES string of the molecule is COC(=O)[C@@H]1C[C@H](C)C(OC(C)=O)N1C(=O)OC(C)(C)C. The third-order valence-corrected chi connectivity index (χ3v) is 3.06. The van der Waals surface area contributed by atoms with Crippen LogP contribution in [0, 0.1) is 5.92 Å². The highest BCUT2D eigenvalue weighted by atomic mass is 16.6. The Hall–Kier alpha value is -1.79. The average Bonchev–Trinajstić information content (AvgIpc) is 2.63. The van der Waals surface area contributed by atoms with Crippen molar-refractivity contribution >= 4 is 18.0 Å². The molecule has 7 heteroatoms. The van der Waals surface area contributed by atoms with Gasteiger partial charge in [0.1, 0.15) is 11.6 Å². The molecule has 21 heavy (non-hydrogen) atoms. The Labute approximate surface area is 124 Å². The van der Waals surface area contributed by atoms with Crippen molar-refractivity contribution in [2.45, 2.75) is 58.9 Å². The molecule has 0 aromatic heterocycles. The van der Waals surface area contributed by atoms with Gasteiger partial charge in [-0.05, 0) is 27.2 Å². The Morgan fingerprint density at radius 1 is 1.19 bits per heavy atom. The summed E-state index contributed by atoms with van der Waals surface area (Å²) in [6.07, 6.45) is -1.18. The van der Waals surface area contributed by atoms with Gasteiger partial charge in [-0.1, -0.05) is 6.92 Å². The van der Waals surface area contributed by atoms with Gasteiger partial charge in [0.05, 0.1) is 7.11 Å². The quantitative estimate of drug-likeness (QED) is 0.570. The number of esters is 2. The highest BCUT2D eigenvalue weighted by Gasteiger charge is 2.49. The van der Waals surface area contributed by atoms with Crippen LogP contribution in [0.5, 0.6) is 0 Å². The van der Waals surface area contributed by atoms with E-state index < -0.39 is 35.9 Å². The molecule has 1 saturated heterocycles. The van der Waals surface area contributed by atoms with Crippen molar-refractivity contribution in [1.82, 2.24) is 4.90 Å². The van der Waals surface area contributed by atoms with Crippen LogP contribution in [0.2, 0.25) is 0 Å². The zero-order valence-corrected chi connectivity index (χ0v) is 13.3. The summed E-state index contributed by atoms with van der Waals surface area (Å²) in [5.74, 6) is -1.26. The van der Waals surface area contributed by atoms with Gasteiger partial charge in [0.15, 0.2) is 6.23 Å². The zero-order chi connectivity index (χ0) is 16.4. The topological polar surface area (TPSA) is 82.1 Å². The van der Waals surface area contributed by atoms with Crippen molar-refractivity contribution in [3.63, 3.8) is 0 Å². The van der Waals surface area contributed by atoms with Crippen LogP contribution in [0.15, 0.2) is 0 Å². The minimum atomic E-state index is -0.832. The number of methoxy groups -OCH3 is 1. The molecule has 1 aliphatic heterocycles. The van der Waals surface area contributed by atoms with Crippen LogP contribution in [0.25, 0.3) is 0 Å². The van der Waals surface area contributed by atoms with Crippen LogP contribution in [0.4, 0.5) is 4.79 Å². The molecular weight excluding hydrogens is 278 g/mol. The van der Waals surface area contributed by atoms with Crippen molar-refractivity contribution in [3.05, 3.63) is 0 Å². The van der Waals surface area contributed by atoms with Gasteiger partial charge in [-0.3, -0.25) is 9.69 Å². The van der Waals surface area contributed by atoms with Crippen molar-refractivity contribution in [1.29, 1.82) is 0 Å². The van der Waals surface area contributed by atoms with Crippen LogP contribution < -0.4 is 0 Å². The minimum absolute atomic E-state index is 0.189. The van der Waals surface area contributed by atoms with Gasteiger partial charge in [-0.25, -0.2) is 9.59 Å². The minimum Gasteiger partial charge on any atom is -0.467 e. The first kappa shape index (κ1) is 17.3. The smallest absolute Gasteiger partial charge is 0.413 e. The van der Waals surface area contributed by atoms with E-state index in [0.29, 0.717) is 6.42 Å². The predicted octanol–water partition coefficient (Wildman–Crippen LogP) is 1.69. The van der Waals surface area contributed by atoms with Gasteiger partial charge in [0.2, 0.25) is 0 Å². The molecule has 1 unspecified atom stereocenters. The summed E-state index contributed by atoms with van der Waals surface area (Å²) in [5, 5.41) is 0. The van der Waals surface area contributed by atoms with Crippen LogP contribution >= 0.6 is 0 Å². The van der Waals surface area contributed by atoms with Crippen molar-refractivity contribution in [2.24, 2.45) is 5.92 Å². The molecule has 0 bridgehead atoms. The summed E-state index contributed by atoms with van der Waals surface area (Å²) in [7, 11) is 1.25. The maximum atomic E-state index is 12.3. The first-order valence-electron chi connectivity index (χ1n) is 6.83. The number of amides is 1. The Morgan fingerprint density at radius 2 is 1.76 bits per heavy atom. The number of ether oxygens (including phenoxy) is 3. The van der Waals surface area contributed by atoms with E-state index in [1.54, 1.807) is 27.7 Å². The van der Waals surface area contributed by atoms with Gasteiger partial charge in [-0.2, -0.15) is 0 Å². The highest BCUT2D eigenvalue weighted by molar-refractivity contribution is 5.82. The normalized spacial score (nSPS) is 25.4. The van der Waals surface area contributed by atoms with Crippen molar-refractivity contribution < 1.29 is 28.6 Å². The molecule has 0 N–H and O–H groups in total. The summed E-state index contributed by atoms with van der Waals surface area (Å²) in [5.41, 5.74) is -0.718. The van der Waals surface area contributed by atoms with E-state index in [-0.39, 0.29) is 5.92 Å².